The summed E-state index contributed by atoms with van der Waals surface area (Å²) in [5.41, 5.74) is 2.57. The Morgan fingerprint density at radius 3 is 2.43 bits per heavy atom. The van der Waals surface area contributed by atoms with Crippen LogP contribution in [0.3, 0.4) is 0 Å². The van der Waals surface area contributed by atoms with E-state index in [-0.39, 0.29) is 5.54 Å². The minimum absolute atomic E-state index is 0.0903. The van der Waals surface area contributed by atoms with Crippen LogP contribution >= 0.6 is 0 Å². The molecule has 1 unspecified atom stereocenters. The fourth-order valence-corrected chi connectivity index (χ4v) is 1.62. The Morgan fingerprint density at radius 1 is 1.43 bits per heavy atom. The standard InChI is InChI=1S/C12H22N2/c1-7-9(2)11-8-10(3)13-14(11)12(4,5)6/h8-9H,7H2,1-6H3. The fraction of sp³-hybridized carbons (Fsp3) is 0.750. The summed E-state index contributed by atoms with van der Waals surface area (Å²) in [7, 11) is 0. The number of nitrogens with zero attached hydrogens (tertiary/aromatic N) is 2. The molecule has 80 valence electrons. The molecule has 14 heavy (non-hydrogen) atoms. The van der Waals surface area contributed by atoms with Crippen molar-refractivity contribution >= 4 is 0 Å². The van der Waals surface area contributed by atoms with Crippen LogP contribution < -0.4 is 0 Å². The predicted molar refractivity (Wildman–Crippen MR) is 60.7 cm³/mol. The van der Waals surface area contributed by atoms with E-state index in [9.17, 15) is 0 Å². The molecule has 1 heterocycles. The highest BCUT2D eigenvalue weighted by Gasteiger charge is 2.20. The molecule has 1 rings (SSSR count). The Hall–Kier alpha value is -0.790. The maximum Gasteiger partial charge on any atom is 0.0596 e. The van der Waals surface area contributed by atoms with Gasteiger partial charge in [-0.15, -0.1) is 0 Å². The van der Waals surface area contributed by atoms with Crippen molar-refractivity contribution in [1.29, 1.82) is 0 Å². The van der Waals surface area contributed by atoms with Crippen LogP contribution in [0.4, 0.5) is 0 Å². The van der Waals surface area contributed by atoms with Gasteiger partial charge in [-0.3, -0.25) is 4.68 Å². The van der Waals surface area contributed by atoms with Crippen molar-refractivity contribution in [3.05, 3.63) is 17.5 Å². The maximum absolute atomic E-state index is 4.57. The Balaban J connectivity index is 3.16. The molecular formula is C12H22N2. The average Bonchev–Trinajstić information content (AvgIpc) is 2.45. The van der Waals surface area contributed by atoms with E-state index in [1.807, 2.05) is 0 Å². The molecule has 0 saturated heterocycles. The molecule has 0 bridgehead atoms. The van der Waals surface area contributed by atoms with Gasteiger partial charge in [0.1, 0.15) is 0 Å². The number of hydrogen-bond acceptors (Lipinski definition) is 1. The van der Waals surface area contributed by atoms with Gasteiger partial charge in [-0.05, 0) is 46.1 Å². The highest BCUT2D eigenvalue weighted by Crippen LogP contribution is 2.25. The lowest BCUT2D eigenvalue weighted by Crippen LogP contribution is -2.26. The Labute approximate surface area is 87.3 Å². The smallest absolute Gasteiger partial charge is 0.0596 e. The fourth-order valence-electron chi connectivity index (χ4n) is 1.62. The van der Waals surface area contributed by atoms with E-state index >= 15 is 0 Å². The number of aromatic nitrogens is 2. The lowest BCUT2D eigenvalue weighted by molar-refractivity contribution is 0.335. The van der Waals surface area contributed by atoms with E-state index in [4.69, 9.17) is 0 Å². The zero-order valence-corrected chi connectivity index (χ0v) is 10.3. The third-order valence-electron chi connectivity index (χ3n) is 2.61. The molecule has 0 aromatic carbocycles. The first-order valence-corrected chi connectivity index (χ1v) is 5.43. The molecule has 0 saturated carbocycles. The minimum Gasteiger partial charge on any atom is -0.264 e. The van der Waals surface area contributed by atoms with Crippen LogP contribution in [0.15, 0.2) is 6.07 Å². The molecule has 1 aromatic heterocycles. The molecule has 0 aliphatic carbocycles. The molecule has 1 atom stereocenters. The zero-order chi connectivity index (χ0) is 10.9. The van der Waals surface area contributed by atoms with Crippen molar-refractivity contribution in [3.8, 4) is 0 Å². The van der Waals surface area contributed by atoms with Crippen molar-refractivity contribution in [3.63, 3.8) is 0 Å². The largest absolute Gasteiger partial charge is 0.264 e. The van der Waals surface area contributed by atoms with Gasteiger partial charge in [0.15, 0.2) is 0 Å². The van der Waals surface area contributed by atoms with E-state index in [2.05, 4.69) is 57.4 Å². The molecule has 0 aliphatic heterocycles. The Kier molecular flexibility index (Phi) is 3.03. The van der Waals surface area contributed by atoms with Gasteiger partial charge in [-0.1, -0.05) is 13.8 Å². The first-order chi connectivity index (χ1) is 6.36. The van der Waals surface area contributed by atoms with Crippen molar-refractivity contribution in [2.45, 2.75) is 59.4 Å². The quantitative estimate of drug-likeness (QED) is 0.705. The molecule has 0 aliphatic rings. The molecule has 0 N–H and O–H groups in total. The van der Waals surface area contributed by atoms with Crippen LogP contribution in [0.5, 0.6) is 0 Å². The summed E-state index contributed by atoms with van der Waals surface area (Å²) in [5, 5.41) is 4.57. The normalized spacial score (nSPS) is 14.4. The monoisotopic (exact) mass is 194 g/mol. The summed E-state index contributed by atoms with van der Waals surface area (Å²) >= 11 is 0. The molecule has 1 aromatic rings. The number of aryl methyl sites for hydroxylation is 1. The highest BCUT2D eigenvalue weighted by atomic mass is 15.3. The van der Waals surface area contributed by atoms with Crippen LogP contribution in [0, 0.1) is 6.92 Å². The summed E-state index contributed by atoms with van der Waals surface area (Å²) in [4.78, 5) is 0. The molecule has 2 nitrogen and oxygen atoms in total. The summed E-state index contributed by atoms with van der Waals surface area (Å²) in [6.07, 6.45) is 1.17. The number of rotatable bonds is 2. The van der Waals surface area contributed by atoms with Gasteiger partial charge in [0, 0.05) is 5.69 Å². The summed E-state index contributed by atoms with van der Waals surface area (Å²) in [5.74, 6) is 0.593. The van der Waals surface area contributed by atoms with Gasteiger partial charge in [0.2, 0.25) is 0 Å². The lowest BCUT2D eigenvalue weighted by atomic mass is 10.0. The Morgan fingerprint density at radius 2 is 2.00 bits per heavy atom. The molecule has 2 heteroatoms. The summed E-state index contributed by atoms with van der Waals surface area (Å²) < 4.78 is 2.16. The SMILES string of the molecule is CCC(C)c1cc(C)nn1C(C)(C)C. The van der Waals surface area contributed by atoms with E-state index < -0.39 is 0 Å². The first-order valence-electron chi connectivity index (χ1n) is 5.43. The lowest BCUT2D eigenvalue weighted by Gasteiger charge is -2.24. The molecule has 0 radical (unpaired) electrons. The molecular weight excluding hydrogens is 172 g/mol. The van der Waals surface area contributed by atoms with Gasteiger partial charge in [-0.2, -0.15) is 5.10 Å². The van der Waals surface area contributed by atoms with Gasteiger partial charge < -0.3 is 0 Å². The van der Waals surface area contributed by atoms with E-state index in [0.717, 1.165) is 5.69 Å². The summed E-state index contributed by atoms with van der Waals surface area (Å²) in [6, 6.07) is 2.21. The van der Waals surface area contributed by atoms with E-state index in [1.165, 1.54) is 12.1 Å². The van der Waals surface area contributed by atoms with Gasteiger partial charge >= 0.3 is 0 Å². The van der Waals surface area contributed by atoms with E-state index in [0.29, 0.717) is 5.92 Å². The van der Waals surface area contributed by atoms with Crippen LogP contribution in [0.2, 0.25) is 0 Å². The second kappa shape index (κ2) is 3.76. The van der Waals surface area contributed by atoms with Crippen molar-refractivity contribution in [1.82, 2.24) is 9.78 Å². The van der Waals surface area contributed by atoms with Gasteiger partial charge in [0.25, 0.3) is 0 Å². The third kappa shape index (κ3) is 2.17. The molecule has 0 fully saturated rings. The van der Waals surface area contributed by atoms with E-state index in [1.54, 1.807) is 0 Å². The zero-order valence-electron chi connectivity index (χ0n) is 10.3. The second-order valence-electron chi connectivity index (χ2n) is 5.10. The van der Waals surface area contributed by atoms with Crippen molar-refractivity contribution in [2.75, 3.05) is 0 Å². The maximum atomic E-state index is 4.57. The average molecular weight is 194 g/mol. The first kappa shape index (κ1) is 11.3. The van der Waals surface area contributed by atoms with Gasteiger partial charge in [-0.25, -0.2) is 0 Å². The van der Waals surface area contributed by atoms with Crippen molar-refractivity contribution in [2.24, 2.45) is 0 Å². The molecule has 0 spiro atoms. The Bertz CT molecular complexity index is 305. The van der Waals surface area contributed by atoms with Crippen LogP contribution in [0.1, 0.15) is 58.3 Å². The molecule has 0 amide bonds. The number of hydrogen-bond donors (Lipinski definition) is 0. The predicted octanol–water partition coefficient (Wildman–Crippen LogP) is 3.46. The van der Waals surface area contributed by atoms with Crippen LogP contribution in [0.25, 0.3) is 0 Å². The summed E-state index contributed by atoms with van der Waals surface area (Å²) in [6.45, 7) is 13.1. The highest BCUT2D eigenvalue weighted by molar-refractivity contribution is 5.14. The minimum atomic E-state index is 0.0903. The van der Waals surface area contributed by atoms with Crippen LogP contribution in [-0.2, 0) is 5.54 Å². The second-order valence-corrected chi connectivity index (χ2v) is 5.10. The van der Waals surface area contributed by atoms with Crippen LogP contribution in [-0.4, -0.2) is 9.78 Å². The van der Waals surface area contributed by atoms with Crippen molar-refractivity contribution < 1.29 is 0 Å². The topological polar surface area (TPSA) is 17.8 Å². The third-order valence-corrected chi connectivity index (χ3v) is 2.61. The van der Waals surface area contributed by atoms with Gasteiger partial charge in [0.05, 0.1) is 11.2 Å².